The van der Waals surface area contributed by atoms with E-state index in [0.29, 0.717) is 12.6 Å². The third-order valence-electron chi connectivity index (χ3n) is 4.01. The number of carboxylic acid groups (broad SMARTS) is 1. The zero-order chi connectivity index (χ0) is 14.7. The maximum atomic E-state index is 13.6. The average Bonchev–Trinajstić information content (AvgIpc) is 2.39. The Balaban J connectivity index is 1.99. The first-order valence-electron chi connectivity index (χ1n) is 6.88. The quantitative estimate of drug-likeness (QED) is 0.916. The van der Waals surface area contributed by atoms with Crippen LogP contribution in [0, 0.1) is 5.82 Å². The lowest BCUT2D eigenvalue weighted by molar-refractivity contribution is 0.0692. The summed E-state index contributed by atoms with van der Waals surface area (Å²) in [5, 5.41) is 8.81. The minimum absolute atomic E-state index is 0.268. The van der Waals surface area contributed by atoms with Crippen molar-refractivity contribution >= 4 is 5.97 Å². The monoisotopic (exact) mass is 280 g/mol. The fraction of sp³-hybridized carbons (Fsp3) is 0.533. The summed E-state index contributed by atoms with van der Waals surface area (Å²) in [6.45, 7) is 2.81. The van der Waals surface area contributed by atoms with Gasteiger partial charge in [0.05, 0.1) is 5.56 Å². The Morgan fingerprint density at radius 2 is 2.10 bits per heavy atom. The fourth-order valence-electron chi connectivity index (χ4n) is 2.68. The molecule has 0 radical (unpaired) electrons. The predicted octanol–water partition coefficient (Wildman–Crippen LogP) is 2.05. The Bertz CT molecular complexity index is 485. The molecule has 1 aromatic carbocycles. The van der Waals surface area contributed by atoms with Crippen molar-refractivity contribution in [3.05, 3.63) is 35.1 Å². The first kappa shape index (κ1) is 14.9. The van der Waals surface area contributed by atoms with E-state index in [9.17, 15) is 9.18 Å². The van der Waals surface area contributed by atoms with Gasteiger partial charge in [0.15, 0.2) is 0 Å². The molecule has 0 spiro atoms. The van der Waals surface area contributed by atoms with Crippen LogP contribution in [-0.2, 0) is 6.54 Å². The molecule has 1 aliphatic rings. The number of piperidine rings is 1. The van der Waals surface area contributed by atoms with E-state index >= 15 is 0 Å². The van der Waals surface area contributed by atoms with Crippen molar-refractivity contribution in [1.82, 2.24) is 9.80 Å². The number of aromatic carboxylic acids is 1. The minimum Gasteiger partial charge on any atom is -0.478 e. The summed E-state index contributed by atoms with van der Waals surface area (Å²) in [6.07, 6.45) is 2.23. The van der Waals surface area contributed by atoms with Gasteiger partial charge in [0.1, 0.15) is 5.82 Å². The Labute approximate surface area is 118 Å². The van der Waals surface area contributed by atoms with Gasteiger partial charge in [-0.3, -0.25) is 4.90 Å². The van der Waals surface area contributed by atoms with E-state index in [1.165, 1.54) is 12.1 Å². The van der Waals surface area contributed by atoms with Gasteiger partial charge in [-0.2, -0.15) is 0 Å². The van der Waals surface area contributed by atoms with Crippen LogP contribution in [0.4, 0.5) is 4.39 Å². The van der Waals surface area contributed by atoms with Gasteiger partial charge in [-0.15, -0.1) is 0 Å². The highest BCUT2D eigenvalue weighted by atomic mass is 19.1. The molecule has 0 aliphatic carbocycles. The SMILES string of the molecule is CN1CCC(N(C)Cc2ccc(C(=O)O)c(F)c2)CC1. The highest BCUT2D eigenvalue weighted by Crippen LogP contribution is 2.18. The molecule has 4 nitrogen and oxygen atoms in total. The van der Waals surface area contributed by atoms with Crippen LogP contribution in [0.25, 0.3) is 0 Å². The van der Waals surface area contributed by atoms with Crippen LogP contribution >= 0.6 is 0 Å². The van der Waals surface area contributed by atoms with E-state index in [4.69, 9.17) is 5.11 Å². The highest BCUT2D eigenvalue weighted by Gasteiger charge is 2.21. The van der Waals surface area contributed by atoms with E-state index in [-0.39, 0.29) is 5.56 Å². The molecule has 1 N–H and O–H groups in total. The van der Waals surface area contributed by atoms with Crippen molar-refractivity contribution in [3.8, 4) is 0 Å². The molecule has 1 heterocycles. The van der Waals surface area contributed by atoms with Crippen LogP contribution in [0.2, 0.25) is 0 Å². The van der Waals surface area contributed by atoms with Crippen molar-refractivity contribution < 1.29 is 14.3 Å². The maximum Gasteiger partial charge on any atom is 0.338 e. The zero-order valence-corrected chi connectivity index (χ0v) is 12.0. The van der Waals surface area contributed by atoms with Crippen molar-refractivity contribution in [2.24, 2.45) is 0 Å². The molecular formula is C15H21FN2O2. The number of rotatable bonds is 4. The Hall–Kier alpha value is -1.46. The van der Waals surface area contributed by atoms with Gasteiger partial charge in [-0.25, -0.2) is 9.18 Å². The second-order valence-corrected chi connectivity index (χ2v) is 5.57. The van der Waals surface area contributed by atoms with Gasteiger partial charge in [0, 0.05) is 12.6 Å². The Kier molecular flexibility index (Phi) is 4.73. The van der Waals surface area contributed by atoms with Crippen LogP contribution in [0.3, 0.4) is 0 Å². The van der Waals surface area contributed by atoms with Crippen molar-refractivity contribution in [3.63, 3.8) is 0 Å². The van der Waals surface area contributed by atoms with Gasteiger partial charge in [0.25, 0.3) is 0 Å². The molecule has 110 valence electrons. The topological polar surface area (TPSA) is 43.8 Å². The van der Waals surface area contributed by atoms with Crippen LogP contribution < -0.4 is 0 Å². The molecule has 0 amide bonds. The summed E-state index contributed by atoms with van der Waals surface area (Å²) in [5.74, 6) is -1.88. The normalized spacial score (nSPS) is 17.6. The molecule has 1 fully saturated rings. The molecule has 2 rings (SSSR count). The van der Waals surface area contributed by atoms with E-state index in [0.717, 1.165) is 31.5 Å². The number of carbonyl (C=O) groups is 1. The largest absolute Gasteiger partial charge is 0.478 e. The molecule has 1 aromatic rings. The Morgan fingerprint density at radius 3 is 2.65 bits per heavy atom. The number of carboxylic acids is 1. The molecule has 1 saturated heterocycles. The third-order valence-corrected chi connectivity index (χ3v) is 4.01. The fourth-order valence-corrected chi connectivity index (χ4v) is 2.68. The summed E-state index contributed by atoms with van der Waals surface area (Å²) in [7, 11) is 4.16. The number of benzene rings is 1. The Morgan fingerprint density at radius 1 is 1.45 bits per heavy atom. The predicted molar refractivity (Wildman–Crippen MR) is 75.3 cm³/mol. The molecule has 5 heteroatoms. The maximum absolute atomic E-state index is 13.6. The second-order valence-electron chi connectivity index (χ2n) is 5.57. The molecule has 20 heavy (non-hydrogen) atoms. The number of nitrogens with zero attached hydrogens (tertiary/aromatic N) is 2. The average molecular weight is 280 g/mol. The standard InChI is InChI=1S/C15H21FN2O2/c1-17-7-5-12(6-8-17)18(2)10-11-3-4-13(15(19)20)14(16)9-11/h3-4,9,12H,5-8,10H2,1-2H3,(H,19,20). The molecule has 0 saturated carbocycles. The molecule has 0 unspecified atom stereocenters. The number of hydrogen-bond acceptors (Lipinski definition) is 3. The summed E-state index contributed by atoms with van der Waals surface area (Å²) in [6, 6.07) is 4.87. The molecular weight excluding hydrogens is 259 g/mol. The minimum atomic E-state index is -1.22. The summed E-state index contributed by atoms with van der Waals surface area (Å²) in [5.41, 5.74) is 0.546. The molecule has 1 aliphatic heterocycles. The van der Waals surface area contributed by atoms with Gasteiger partial charge in [0.2, 0.25) is 0 Å². The number of likely N-dealkylation sites (tertiary alicyclic amines) is 1. The highest BCUT2D eigenvalue weighted by molar-refractivity contribution is 5.87. The summed E-state index contributed by atoms with van der Waals surface area (Å²) < 4.78 is 13.6. The van der Waals surface area contributed by atoms with E-state index in [1.807, 2.05) is 7.05 Å². The second kappa shape index (κ2) is 6.33. The van der Waals surface area contributed by atoms with Gasteiger partial charge < -0.3 is 10.0 Å². The first-order valence-corrected chi connectivity index (χ1v) is 6.88. The van der Waals surface area contributed by atoms with E-state index in [1.54, 1.807) is 6.07 Å². The molecule has 0 aromatic heterocycles. The lowest BCUT2D eigenvalue weighted by atomic mass is 10.0. The lowest BCUT2D eigenvalue weighted by Crippen LogP contribution is -2.41. The van der Waals surface area contributed by atoms with Gasteiger partial charge >= 0.3 is 5.97 Å². The number of halogens is 1. The van der Waals surface area contributed by atoms with Crippen LogP contribution in [-0.4, -0.2) is 54.1 Å². The van der Waals surface area contributed by atoms with Crippen LogP contribution in [0.1, 0.15) is 28.8 Å². The smallest absolute Gasteiger partial charge is 0.338 e. The number of hydrogen-bond donors (Lipinski definition) is 1. The molecule has 0 atom stereocenters. The molecule has 0 bridgehead atoms. The summed E-state index contributed by atoms with van der Waals surface area (Å²) >= 11 is 0. The van der Waals surface area contributed by atoms with Gasteiger partial charge in [-0.05, 0) is 57.7 Å². The zero-order valence-electron chi connectivity index (χ0n) is 12.0. The summed E-state index contributed by atoms with van der Waals surface area (Å²) in [4.78, 5) is 15.3. The van der Waals surface area contributed by atoms with E-state index < -0.39 is 11.8 Å². The first-order chi connectivity index (χ1) is 9.47. The van der Waals surface area contributed by atoms with Crippen molar-refractivity contribution in [2.45, 2.75) is 25.4 Å². The van der Waals surface area contributed by atoms with E-state index in [2.05, 4.69) is 16.8 Å². The van der Waals surface area contributed by atoms with Crippen molar-refractivity contribution in [2.75, 3.05) is 27.2 Å². The lowest BCUT2D eigenvalue weighted by Gasteiger charge is -2.35. The van der Waals surface area contributed by atoms with Crippen LogP contribution in [0.5, 0.6) is 0 Å². The third kappa shape index (κ3) is 3.55. The van der Waals surface area contributed by atoms with Gasteiger partial charge in [-0.1, -0.05) is 6.07 Å². The van der Waals surface area contributed by atoms with Crippen LogP contribution in [0.15, 0.2) is 18.2 Å². The van der Waals surface area contributed by atoms with Crippen molar-refractivity contribution in [1.29, 1.82) is 0 Å².